The van der Waals surface area contributed by atoms with Gasteiger partial charge in [0, 0.05) is 44.0 Å². The number of hydrogen-bond donors (Lipinski definition) is 2. The molecule has 0 saturated heterocycles. The molecule has 0 spiro atoms. The van der Waals surface area contributed by atoms with Crippen LogP contribution in [0.5, 0.6) is 0 Å². The van der Waals surface area contributed by atoms with Crippen LogP contribution in [0.2, 0.25) is 10.0 Å². The van der Waals surface area contributed by atoms with Gasteiger partial charge >= 0.3 is 0 Å². The molecule has 6 nitrogen and oxygen atoms in total. The summed E-state index contributed by atoms with van der Waals surface area (Å²) in [6.45, 7) is 1.57. The standard InChI is InChI=1S/C18H14ClFN2O.C13H13NO.C6H5ClFN/c19-14-7-4-8-15(17(14)20)22-18(23)16-10-9-13(21-16)11-12-5-2-1-3-6-12;1-10(15)13-8-7-12(14-13)9-11-5-3-2-4-6-11;7-4-2-1-3-5(9)6(4)8/h1-9H,10-11H2,(H,22,23);2-7H,8-9H2,1H3;1-3H,9H2. The van der Waals surface area contributed by atoms with Crippen molar-refractivity contribution in [1.29, 1.82) is 0 Å². The summed E-state index contributed by atoms with van der Waals surface area (Å²) in [5.41, 5.74) is 10.6. The lowest BCUT2D eigenvalue weighted by Gasteiger charge is -2.06. The van der Waals surface area contributed by atoms with Gasteiger partial charge in [-0.1, -0.05) is 108 Å². The van der Waals surface area contributed by atoms with Crippen molar-refractivity contribution in [1.82, 2.24) is 0 Å². The van der Waals surface area contributed by atoms with Gasteiger partial charge in [-0.05, 0) is 35.4 Å². The third kappa shape index (κ3) is 10.6. The first-order chi connectivity index (χ1) is 22.6. The minimum absolute atomic E-state index is 0.0287. The maximum Gasteiger partial charge on any atom is 0.270 e. The zero-order chi connectivity index (χ0) is 33.8. The van der Waals surface area contributed by atoms with Crippen molar-refractivity contribution in [2.24, 2.45) is 9.98 Å². The lowest BCUT2D eigenvalue weighted by atomic mass is 10.1. The Morgan fingerprint density at radius 3 is 1.68 bits per heavy atom. The van der Waals surface area contributed by atoms with Crippen molar-refractivity contribution in [2.75, 3.05) is 11.1 Å². The Bertz CT molecular complexity index is 1840. The van der Waals surface area contributed by atoms with Crippen LogP contribution in [0.15, 0.2) is 131 Å². The first kappa shape index (κ1) is 34.9. The Morgan fingerprint density at radius 1 is 0.702 bits per heavy atom. The number of ketones is 1. The van der Waals surface area contributed by atoms with Crippen molar-refractivity contribution in [3.8, 4) is 0 Å². The molecule has 2 aliphatic rings. The molecule has 0 unspecified atom stereocenters. The average molecular weight is 674 g/mol. The fraction of sp³-hybridized carbons (Fsp3) is 0.135. The average Bonchev–Trinajstić information content (AvgIpc) is 3.74. The maximum atomic E-state index is 13.8. The highest BCUT2D eigenvalue weighted by Gasteiger charge is 2.18. The number of carbonyl (C=O) groups excluding carboxylic acids is 2. The number of Topliss-reactive ketones (excluding diaryl/α,β-unsaturated/α-hetero) is 1. The molecule has 240 valence electrons. The lowest BCUT2D eigenvalue weighted by Crippen LogP contribution is -2.22. The molecule has 0 radical (unpaired) electrons. The highest BCUT2D eigenvalue weighted by Crippen LogP contribution is 2.23. The summed E-state index contributed by atoms with van der Waals surface area (Å²) in [7, 11) is 0. The van der Waals surface area contributed by atoms with Gasteiger partial charge in [0.2, 0.25) is 0 Å². The summed E-state index contributed by atoms with van der Waals surface area (Å²) in [4.78, 5) is 31.9. The minimum atomic E-state index is -0.640. The highest BCUT2D eigenvalue weighted by atomic mass is 35.5. The second-order valence-corrected chi connectivity index (χ2v) is 11.3. The van der Waals surface area contributed by atoms with Crippen LogP contribution >= 0.6 is 23.2 Å². The first-order valence-electron chi connectivity index (χ1n) is 14.7. The number of allylic oxidation sites excluding steroid dienone is 4. The van der Waals surface area contributed by atoms with E-state index in [1.165, 1.54) is 29.8 Å². The summed E-state index contributed by atoms with van der Waals surface area (Å²) in [6.07, 6.45) is 6.56. The Morgan fingerprint density at radius 2 is 1.19 bits per heavy atom. The van der Waals surface area contributed by atoms with Crippen LogP contribution in [0.3, 0.4) is 0 Å². The largest absolute Gasteiger partial charge is 0.396 e. The number of hydrogen-bond acceptors (Lipinski definition) is 5. The summed E-state index contributed by atoms with van der Waals surface area (Å²) >= 11 is 11.1. The molecule has 2 heterocycles. The summed E-state index contributed by atoms with van der Waals surface area (Å²) in [6, 6.07) is 29.0. The Hall–Kier alpha value is -4.92. The topological polar surface area (TPSA) is 96.9 Å². The van der Waals surface area contributed by atoms with Gasteiger partial charge in [-0.3, -0.25) is 19.6 Å². The summed E-state index contributed by atoms with van der Waals surface area (Å²) in [5.74, 6) is -1.52. The zero-order valence-electron chi connectivity index (χ0n) is 25.5. The van der Waals surface area contributed by atoms with E-state index in [4.69, 9.17) is 28.9 Å². The highest BCUT2D eigenvalue weighted by molar-refractivity contribution is 6.44. The third-order valence-electron chi connectivity index (χ3n) is 6.93. The fourth-order valence-corrected chi connectivity index (χ4v) is 4.83. The van der Waals surface area contributed by atoms with E-state index in [2.05, 4.69) is 27.4 Å². The number of benzene rings is 4. The van der Waals surface area contributed by atoms with Crippen molar-refractivity contribution in [3.05, 3.63) is 153 Å². The van der Waals surface area contributed by atoms with Crippen LogP contribution < -0.4 is 11.1 Å². The molecule has 6 rings (SSSR count). The van der Waals surface area contributed by atoms with Crippen LogP contribution in [0.25, 0.3) is 0 Å². The van der Waals surface area contributed by atoms with Gasteiger partial charge in [-0.15, -0.1) is 0 Å². The van der Waals surface area contributed by atoms with Gasteiger partial charge < -0.3 is 11.1 Å². The van der Waals surface area contributed by atoms with Gasteiger partial charge in [-0.25, -0.2) is 8.78 Å². The summed E-state index contributed by atoms with van der Waals surface area (Å²) < 4.78 is 26.3. The van der Waals surface area contributed by atoms with Crippen molar-refractivity contribution in [2.45, 2.75) is 32.6 Å². The van der Waals surface area contributed by atoms with Crippen LogP contribution in [-0.4, -0.2) is 23.1 Å². The van der Waals surface area contributed by atoms with Crippen LogP contribution in [0, 0.1) is 11.6 Å². The molecule has 4 aromatic carbocycles. The van der Waals surface area contributed by atoms with E-state index in [-0.39, 0.29) is 27.2 Å². The van der Waals surface area contributed by atoms with Crippen LogP contribution in [0.4, 0.5) is 20.2 Å². The van der Waals surface area contributed by atoms with E-state index in [1.54, 1.807) is 19.1 Å². The van der Waals surface area contributed by atoms with Crippen molar-refractivity contribution < 1.29 is 18.4 Å². The van der Waals surface area contributed by atoms with Gasteiger partial charge in [0.15, 0.2) is 17.4 Å². The molecular weight excluding hydrogens is 641 g/mol. The van der Waals surface area contributed by atoms with Gasteiger partial charge in [0.25, 0.3) is 5.91 Å². The quantitative estimate of drug-likeness (QED) is 0.192. The van der Waals surface area contributed by atoms with Gasteiger partial charge in [0.1, 0.15) is 5.71 Å². The predicted octanol–water partition coefficient (Wildman–Crippen LogP) is 9.00. The molecule has 0 aromatic heterocycles. The fourth-order valence-electron chi connectivity index (χ4n) is 4.47. The number of carbonyl (C=O) groups is 2. The van der Waals surface area contributed by atoms with Gasteiger partial charge in [0.05, 0.1) is 27.1 Å². The van der Waals surface area contributed by atoms with E-state index in [9.17, 15) is 18.4 Å². The number of nitrogens with two attached hydrogens (primary N) is 1. The van der Waals surface area contributed by atoms with Crippen LogP contribution in [-0.2, 0) is 22.4 Å². The third-order valence-corrected chi connectivity index (χ3v) is 7.51. The van der Waals surface area contributed by atoms with Crippen molar-refractivity contribution in [3.63, 3.8) is 0 Å². The zero-order valence-corrected chi connectivity index (χ0v) is 27.0. The van der Waals surface area contributed by atoms with E-state index in [0.717, 1.165) is 23.4 Å². The number of aliphatic imine (C=N–C) groups is 2. The van der Waals surface area contributed by atoms with Crippen LogP contribution in [0.1, 0.15) is 30.9 Å². The second-order valence-electron chi connectivity index (χ2n) is 10.5. The van der Waals surface area contributed by atoms with Crippen molar-refractivity contribution >= 4 is 57.7 Å². The van der Waals surface area contributed by atoms with E-state index >= 15 is 0 Å². The molecule has 10 heteroatoms. The Balaban J connectivity index is 0.000000178. The SMILES string of the molecule is CC(=O)C1=NC(Cc2ccccc2)=CC1.Nc1cccc(Cl)c1F.O=C(Nc1cccc(Cl)c1F)C1=NC(Cc2ccccc2)=CC1. The number of nitrogen functional groups attached to an aromatic ring is 1. The van der Waals surface area contributed by atoms with Gasteiger partial charge in [-0.2, -0.15) is 0 Å². The summed E-state index contributed by atoms with van der Waals surface area (Å²) in [5, 5.41) is 2.55. The Kier molecular flexibility index (Phi) is 12.7. The molecular formula is C37H32Cl2F2N4O2. The molecule has 47 heavy (non-hydrogen) atoms. The number of rotatable bonds is 7. The monoisotopic (exact) mass is 672 g/mol. The second kappa shape index (κ2) is 17.1. The molecule has 0 fully saturated rings. The molecule has 4 aromatic rings. The molecule has 3 N–H and O–H groups in total. The molecule has 0 aliphatic carbocycles. The molecule has 0 atom stereocenters. The molecule has 0 saturated carbocycles. The molecule has 0 bridgehead atoms. The molecule has 2 aliphatic heterocycles. The minimum Gasteiger partial charge on any atom is -0.396 e. The molecule has 1 amide bonds. The maximum absolute atomic E-state index is 13.8. The lowest BCUT2D eigenvalue weighted by molar-refractivity contribution is -0.111. The predicted molar refractivity (Wildman–Crippen MR) is 187 cm³/mol. The Labute approximate surface area is 282 Å². The number of amides is 1. The normalized spacial score (nSPS) is 13.1. The van der Waals surface area contributed by atoms with E-state index in [0.29, 0.717) is 30.7 Å². The van der Waals surface area contributed by atoms with E-state index in [1.807, 2.05) is 60.7 Å². The number of nitrogens with zero attached hydrogens (tertiary/aromatic N) is 2. The van der Waals surface area contributed by atoms with E-state index < -0.39 is 17.5 Å². The first-order valence-corrected chi connectivity index (χ1v) is 15.4. The number of nitrogens with one attached hydrogen (secondary N) is 1. The number of anilines is 2. The smallest absolute Gasteiger partial charge is 0.270 e. The number of halogens is 4.